The molecular formula is C9H11N3. The van der Waals surface area contributed by atoms with Crippen molar-refractivity contribution in [2.45, 2.75) is 19.9 Å². The fourth-order valence-corrected chi connectivity index (χ4v) is 0.884. The van der Waals surface area contributed by atoms with Crippen LogP contribution in [0.3, 0.4) is 0 Å². The second-order valence-corrected chi connectivity index (χ2v) is 2.81. The molecule has 3 heteroatoms. The van der Waals surface area contributed by atoms with Crippen LogP contribution in [0.5, 0.6) is 0 Å². The van der Waals surface area contributed by atoms with E-state index in [1.807, 2.05) is 13.8 Å². The van der Waals surface area contributed by atoms with Crippen molar-refractivity contribution >= 4 is 5.82 Å². The van der Waals surface area contributed by atoms with Crippen LogP contribution >= 0.6 is 0 Å². The van der Waals surface area contributed by atoms with Crippen molar-refractivity contribution in [3.05, 3.63) is 23.9 Å². The summed E-state index contributed by atoms with van der Waals surface area (Å²) >= 11 is 0. The van der Waals surface area contributed by atoms with E-state index in [9.17, 15) is 0 Å². The second kappa shape index (κ2) is 3.72. The van der Waals surface area contributed by atoms with Gasteiger partial charge in [-0.05, 0) is 26.0 Å². The average Bonchev–Trinajstić information content (AvgIpc) is 2.04. The monoisotopic (exact) mass is 161 g/mol. The highest BCUT2D eigenvalue weighted by Crippen LogP contribution is 2.10. The molecular weight excluding hydrogens is 150 g/mol. The lowest BCUT2D eigenvalue weighted by Crippen LogP contribution is -2.11. The molecule has 1 N–H and O–H groups in total. The number of rotatable bonds is 2. The molecule has 1 aromatic heterocycles. The standard InChI is InChI=1S/C9H11N3/c1-7(2)12-9-8(6-10)4-3-5-11-9/h3-5,7H,1-2H3,(H,11,12). The number of nitrogens with zero attached hydrogens (tertiary/aromatic N) is 2. The molecule has 0 aliphatic rings. The molecule has 0 aliphatic heterocycles. The Morgan fingerprint density at radius 1 is 1.58 bits per heavy atom. The van der Waals surface area contributed by atoms with Gasteiger partial charge in [0.1, 0.15) is 11.9 Å². The predicted molar refractivity (Wildman–Crippen MR) is 47.7 cm³/mol. The normalized spacial score (nSPS) is 9.50. The van der Waals surface area contributed by atoms with E-state index in [1.54, 1.807) is 18.3 Å². The van der Waals surface area contributed by atoms with Crippen LogP contribution in [0.25, 0.3) is 0 Å². The van der Waals surface area contributed by atoms with Gasteiger partial charge in [-0.25, -0.2) is 4.98 Å². The number of aromatic nitrogens is 1. The largest absolute Gasteiger partial charge is 0.367 e. The molecule has 12 heavy (non-hydrogen) atoms. The van der Waals surface area contributed by atoms with E-state index in [1.165, 1.54) is 0 Å². The third-order valence-electron chi connectivity index (χ3n) is 1.35. The lowest BCUT2D eigenvalue weighted by molar-refractivity contribution is 0.888. The highest BCUT2D eigenvalue weighted by Gasteiger charge is 2.01. The van der Waals surface area contributed by atoms with E-state index in [4.69, 9.17) is 5.26 Å². The zero-order chi connectivity index (χ0) is 8.97. The van der Waals surface area contributed by atoms with Gasteiger partial charge in [-0.1, -0.05) is 0 Å². The predicted octanol–water partition coefficient (Wildman–Crippen LogP) is 1.77. The Kier molecular flexibility index (Phi) is 2.65. The van der Waals surface area contributed by atoms with Crippen LogP contribution in [0.15, 0.2) is 18.3 Å². The number of anilines is 1. The highest BCUT2D eigenvalue weighted by molar-refractivity contribution is 5.51. The Labute approximate surface area is 72.1 Å². The number of hydrogen-bond donors (Lipinski definition) is 1. The van der Waals surface area contributed by atoms with Crippen LogP contribution in [-0.4, -0.2) is 11.0 Å². The SMILES string of the molecule is CC(C)Nc1ncccc1C#N. The number of pyridine rings is 1. The Hall–Kier alpha value is -1.56. The lowest BCUT2D eigenvalue weighted by atomic mass is 10.2. The first-order valence-corrected chi connectivity index (χ1v) is 3.85. The van der Waals surface area contributed by atoms with E-state index in [-0.39, 0.29) is 0 Å². The molecule has 3 nitrogen and oxygen atoms in total. The first kappa shape index (κ1) is 8.54. The zero-order valence-electron chi connectivity index (χ0n) is 7.20. The molecule has 0 radical (unpaired) electrons. The van der Waals surface area contributed by atoms with E-state index >= 15 is 0 Å². The molecule has 1 heterocycles. The first-order chi connectivity index (χ1) is 5.74. The summed E-state index contributed by atoms with van der Waals surface area (Å²) in [6.07, 6.45) is 1.67. The number of hydrogen-bond acceptors (Lipinski definition) is 3. The number of nitriles is 1. The summed E-state index contributed by atoms with van der Waals surface area (Å²) in [6.45, 7) is 4.02. The second-order valence-electron chi connectivity index (χ2n) is 2.81. The maximum Gasteiger partial charge on any atom is 0.144 e. The maximum atomic E-state index is 8.70. The van der Waals surface area contributed by atoms with Crippen molar-refractivity contribution < 1.29 is 0 Å². The average molecular weight is 161 g/mol. The molecule has 1 aromatic rings. The van der Waals surface area contributed by atoms with Gasteiger partial charge in [0.15, 0.2) is 0 Å². The summed E-state index contributed by atoms with van der Waals surface area (Å²) in [5.41, 5.74) is 0.589. The van der Waals surface area contributed by atoms with Crippen LogP contribution in [0.2, 0.25) is 0 Å². The smallest absolute Gasteiger partial charge is 0.144 e. The minimum absolute atomic E-state index is 0.298. The molecule has 1 rings (SSSR count). The van der Waals surface area contributed by atoms with Gasteiger partial charge < -0.3 is 5.32 Å². The van der Waals surface area contributed by atoms with Crippen molar-refractivity contribution in [3.8, 4) is 6.07 Å². The van der Waals surface area contributed by atoms with Gasteiger partial charge in [0.05, 0.1) is 5.56 Å². The van der Waals surface area contributed by atoms with E-state index in [0.717, 1.165) is 0 Å². The highest BCUT2D eigenvalue weighted by atomic mass is 15.0. The molecule has 0 saturated carbocycles. The van der Waals surface area contributed by atoms with Crippen molar-refractivity contribution in [1.82, 2.24) is 4.98 Å². The molecule has 0 spiro atoms. The van der Waals surface area contributed by atoms with E-state index < -0.39 is 0 Å². The molecule has 0 aromatic carbocycles. The third kappa shape index (κ3) is 1.96. The summed E-state index contributed by atoms with van der Waals surface area (Å²) in [5, 5.41) is 11.8. The molecule has 0 atom stereocenters. The summed E-state index contributed by atoms with van der Waals surface area (Å²) in [4.78, 5) is 4.06. The van der Waals surface area contributed by atoms with Gasteiger partial charge in [-0.3, -0.25) is 0 Å². The topological polar surface area (TPSA) is 48.7 Å². The van der Waals surface area contributed by atoms with Gasteiger partial charge in [-0.15, -0.1) is 0 Å². The van der Waals surface area contributed by atoms with E-state index in [2.05, 4.69) is 16.4 Å². The molecule has 0 aliphatic carbocycles. The molecule has 0 unspecified atom stereocenters. The molecule has 0 saturated heterocycles. The van der Waals surface area contributed by atoms with Crippen LogP contribution in [-0.2, 0) is 0 Å². The minimum Gasteiger partial charge on any atom is -0.367 e. The molecule has 62 valence electrons. The first-order valence-electron chi connectivity index (χ1n) is 3.85. The van der Waals surface area contributed by atoms with Crippen LogP contribution in [0, 0.1) is 11.3 Å². The summed E-state index contributed by atoms with van der Waals surface area (Å²) in [6, 6.07) is 5.88. The van der Waals surface area contributed by atoms with Crippen molar-refractivity contribution in [3.63, 3.8) is 0 Å². The van der Waals surface area contributed by atoms with Crippen LogP contribution in [0.1, 0.15) is 19.4 Å². The van der Waals surface area contributed by atoms with Gasteiger partial charge >= 0.3 is 0 Å². The fraction of sp³-hybridized carbons (Fsp3) is 0.333. The molecule has 0 amide bonds. The summed E-state index contributed by atoms with van der Waals surface area (Å²) < 4.78 is 0. The van der Waals surface area contributed by atoms with Crippen LogP contribution < -0.4 is 5.32 Å². The Morgan fingerprint density at radius 2 is 2.33 bits per heavy atom. The maximum absolute atomic E-state index is 8.70. The molecule has 0 fully saturated rings. The Morgan fingerprint density at radius 3 is 2.92 bits per heavy atom. The van der Waals surface area contributed by atoms with E-state index in [0.29, 0.717) is 17.4 Å². The quantitative estimate of drug-likeness (QED) is 0.719. The summed E-state index contributed by atoms with van der Waals surface area (Å²) in [7, 11) is 0. The van der Waals surface area contributed by atoms with Crippen molar-refractivity contribution in [1.29, 1.82) is 5.26 Å². The third-order valence-corrected chi connectivity index (χ3v) is 1.35. The number of nitrogens with one attached hydrogen (secondary N) is 1. The zero-order valence-corrected chi connectivity index (χ0v) is 7.20. The molecule has 0 bridgehead atoms. The van der Waals surface area contributed by atoms with Gasteiger partial charge in [-0.2, -0.15) is 5.26 Å². The minimum atomic E-state index is 0.298. The van der Waals surface area contributed by atoms with Gasteiger partial charge in [0.2, 0.25) is 0 Å². The van der Waals surface area contributed by atoms with Crippen molar-refractivity contribution in [2.24, 2.45) is 0 Å². The summed E-state index contributed by atoms with van der Waals surface area (Å²) in [5.74, 6) is 0.662. The van der Waals surface area contributed by atoms with Gasteiger partial charge in [0, 0.05) is 12.2 Å². The lowest BCUT2D eigenvalue weighted by Gasteiger charge is -2.09. The fourth-order valence-electron chi connectivity index (χ4n) is 0.884. The van der Waals surface area contributed by atoms with Gasteiger partial charge in [0.25, 0.3) is 0 Å². The Balaban J connectivity index is 2.91. The Bertz CT molecular complexity index is 299. The van der Waals surface area contributed by atoms with Crippen LogP contribution in [0.4, 0.5) is 5.82 Å². The van der Waals surface area contributed by atoms with Crippen molar-refractivity contribution in [2.75, 3.05) is 5.32 Å².